The minimum atomic E-state index is -4.75. The highest BCUT2D eigenvalue weighted by Crippen LogP contribution is 2.30. The van der Waals surface area contributed by atoms with Gasteiger partial charge >= 0.3 is 6.18 Å². The maximum absolute atomic E-state index is 12.8. The predicted molar refractivity (Wildman–Crippen MR) is 38.5 cm³/mol. The van der Waals surface area contributed by atoms with Crippen LogP contribution >= 0.6 is 0 Å². The molecule has 6 heteroatoms. The van der Waals surface area contributed by atoms with Crippen molar-refractivity contribution >= 4 is 0 Å². The minimum absolute atomic E-state index is 0.0157. The van der Waals surface area contributed by atoms with E-state index in [1.807, 2.05) is 0 Å². The van der Waals surface area contributed by atoms with Crippen LogP contribution in [-0.2, 0) is 12.6 Å². The molecule has 0 aliphatic rings. The third-order valence-corrected chi connectivity index (χ3v) is 1.48. The monoisotopic (exact) mass is 204 g/mol. The van der Waals surface area contributed by atoms with E-state index >= 15 is 0 Å². The fourth-order valence-electron chi connectivity index (χ4n) is 0.857. The second kappa shape index (κ2) is 3.62. The lowest BCUT2D eigenvalue weighted by Crippen LogP contribution is -2.09. The van der Waals surface area contributed by atoms with E-state index in [9.17, 15) is 17.6 Å². The van der Waals surface area contributed by atoms with Crippen molar-refractivity contribution in [2.45, 2.75) is 12.6 Å². The van der Waals surface area contributed by atoms with Crippen LogP contribution in [0.25, 0.3) is 0 Å². The van der Waals surface area contributed by atoms with Crippen LogP contribution in [0.3, 0.4) is 0 Å². The molecule has 0 amide bonds. The van der Waals surface area contributed by atoms with E-state index in [1.165, 1.54) is 0 Å². The first-order chi connectivity index (χ1) is 6.45. The fraction of sp³-hybridized carbons (Fsp3) is 0.250. The lowest BCUT2D eigenvalue weighted by Gasteiger charge is -2.07. The third kappa shape index (κ3) is 2.19. The van der Waals surface area contributed by atoms with Crippen LogP contribution in [0.5, 0.6) is 0 Å². The van der Waals surface area contributed by atoms with Crippen LogP contribution in [0.4, 0.5) is 17.6 Å². The molecule has 0 saturated heterocycles. The molecule has 0 aliphatic heterocycles. The van der Waals surface area contributed by atoms with Crippen LogP contribution in [0, 0.1) is 17.1 Å². The zero-order valence-electron chi connectivity index (χ0n) is 6.77. The van der Waals surface area contributed by atoms with Gasteiger partial charge in [0.25, 0.3) is 0 Å². The van der Waals surface area contributed by atoms with E-state index in [-0.39, 0.29) is 12.1 Å². The lowest BCUT2D eigenvalue weighted by atomic mass is 10.2. The third-order valence-electron chi connectivity index (χ3n) is 1.48. The SMILES string of the molecule is N#CCc1cc(F)c(C(F)(F)F)cn1. The average Bonchev–Trinajstić information content (AvgIpc) is 2.02. The van der Waals surface area contributed by atoms with Gasteiger partial charge in [-0.1, -0.05) is 0 Å². The summed E-state index contributed by atoms with van der Waals surface area (Å²) in [6, 6.07) is 2.28. The van der Waals surface area contributed by atoms with Crippen LogP contribution in [0.2, 0.25) is 0 Å². The van der Waals surface area contributed by atoms with Crippen LogP contribution in [-0.4, -0.2) is 4.98 Å². The van der Waals surface area contributed by atoms with E-state index in [2.05, 4.69) is 4.98 Å². The number of hydrogen-bond acceptors (Lipinski definition) is 2. The first kappa shape index (κ1) is 10.4. The van der Waals surface area contributed by atoms with E-state index in [1.54, 1.807) is 6.07 Å². The molecule has 1 aromatic heterocycles. The summed E-state index contributed by atoms with van der Waals surface area (Å²) < 4.78 is 48.9. The summed E-state index contributed by atoms with van der Waals surface area (Å²) in [5.74, 6) is -1.40. The van der Waals surface area contributed by atoms with Crippen molar-refractivity contribution in [3.8, 4) is 6.07 Å². The molecule has 0 N–H and O–H groups in total. The van der Waals surface area contributed by atoms with Crippen molar-refractivity contribution in [3.63, 3.8) is 0 Å². The number of nitriles is 1. The van der Waals surface area contributed by atoms with Gasteiger partial charge in [-0.25, -0.2) is 4.39 Å². The Morgan fingerprint density at radius 3 is 2.50 bits per heavy atom. The Labute approximate surface area is 76.8 Å². The Bertz CT molecular complexity index is 378. The normalized spacial score (nSPS) is 11.1. The molecule has 0 fully saturated rings. The van der Waals surface area contributed by atoms with Gasteiger partial charge < -0.3 is 0 Å². The second-order valence-corrected chi connectivity index (χ2v) is 2.49. The molecule has 0 bridgehead atoms. The summed E-state index contributed by atoms with van der Waals surface area (Å²) in [5.41, 5.74) is -1.43. The van der Waals surface area contributed by atoms with Gasteiger partial charge in [0.1, 0.15) is 11.4 Å². The van der Waals surface area contributed by atoms with Crippen molar-refractivity contribution in [1.82, 2.24) is 4.98 Å². The van der Waals surface area contributed by atoms with Crippen molar-refractivity contribution in [2.24, 2.45) is 0 Å². The standard InChI is InChI=1S/C8H4F4N2/c9-7-3-5(1-2-13)14-4-6(7)8(10,11)12/h3-4H,1H2. The van der Waals surface area contributed by atoms with Crippen LogP contribution < -0.4 is 0 Å². The molecule has 0 unspecified atom stereocenters. The molecule has 1 rings (SSSR count). The first-order valence-corrected chi connectivity index (χ1v) is 3.53. The Morgan fingerprint density at radius 2 is 2.07 bits per heavy atom. The number of alkyl halides is 3. The van der Waals surface area contributed by atoms with Crippen molar-refractivity contribution < 1.29 is 17.6 Å². The largest absolute Gasteiger partial charge is 0.420 e. The number of nitrogens with zero attached hydrogens (tertiary/aromatic N) is 2. The molecular weight excluding hydrogens is 200 g/mol. The van der Waals surface area contributed by atoms with Crippen LogP contribution in [0.15, 0.2) is 12.3 Å². The molecule has 0 radical (unpaired) electrons. The van der Waals surface area contributed by atoms with Gasteiger partial charge in [0.05, 0.1) is 18.2 Å². The summed E-state index contributed by atoms with van der Waals surface area (Å²) in [4.78, 5) is 3.31. The summed E-state index contributed by atoms with van der Waals surface area (Å²) in [6.45, 7) is 0. The van der Waals surface area contributed by atoms with Gasteiger partial charge in [-0.15, -0.1) is 0 Å². The van der Waals surface area contributed by atoms with Gasteiger partial charge in [-0.2, -0.15) is 18.4 Å². The Kier molecular flexibility index (Phi) is 2.70. The number of aromatic nitrogens is 1. The van der Waals surface area contributed by atoms with Gasteiger partial charge in [-0.05, 0) is 6.07 Å². The van der Waals surface area contributed by atoms with Crippen molar-refractivity contribution in [2.75, 3.05) is 0 Å². The van der Waals surface area contributed by atoms with Crippen LogP contribution in [0.1, 0.15) is 11.3 Å². The maximum Gasteiger partial charge on any atom is 0.420 e. The molecule has 0 spiro atoms. The summed E-state index contributed by atoms with van der Waals surface area (Å²) in [7, 11) is 0. The minimum Gasteiger partial charge on any atom is -0.259 e. The van der Waals surface area contributed by atoms with E-state index < -0.39 is 17.6 Å². The highest BCUT2D eigenvalue weighted by molar-refractivity contribution is 5.20. The van der Waals surface area contributed by atoms with Crippen molar-refractivity contribution in [3.05, 3.63) is 29.3 Å². The molecule has 0 atom stereocenters. The summed E-state index contributed by atoms with van der Waals surface area (Å²) in [6.07, 6.45) is -4.57. The average molecular weight is 204 g/mol. The van der Waals surface area contributed by atoms with Gasteiger partial charge in [0.2, 0.25) is 0 Å². The Hall–Kier alpha value is -1.64. The topological polar surface area (TPSA) is 36.7 Å². The van der Waals surface area contributed by atoms with Gasteiger partial charge in [0, 0.05) is 6.20 Å². The second-order valence-electron chi connectivity index (χ2n) is 2.49. The molecule has 14 heavy (non-hydrogen) atoms. The zero-order valence-corrected chi connectivity index (χ0v) is 6.77. The fourth-order valence-corrected chi connectivity index (χ4v) is 0.857. The number of halogens is 4. The molecule has 0 saturated carbocycles. The van der Waals surface area contributed by atoms with Gasteiger partial charge in [-0.3, -0.25) is 4.98 Å². The molecule has 74 valence electrons. The highest BCUT2D eigenvalue weighted by atomic mass is 19.4. The lowest BCUT2D eigenvalue weighted by molar-refractivity contribution is -0.140. The maximum atomic E-state index is 12.8. The molecule has 1 aromatic rings. The number of hydrogen-bond donors (Lipinski definition) is 0. The zero-order chi connectivity index (χ0) is 10.8. The Balaban J connectivity index is 3.09. The smallest absolute Gasteiger partial charge is 0.259 e. The predicted octanol–water partition coefficient (Wildman–Crippen LogP) is 2.31. The highest BCUT2D eigenvalue weighted by Gasteiger charge is 2.34. The molecule has 2 nitrogen and oxygen atoms in total. The van der Waals surface area contributed by atoms with E-state index in [0.717, 1.165) is 0 Å². The molecule has 0 aromatic carbocycles. The molecule has 0 aliphatic carbocycles. The quantitative estimate of drug-likeness (QED) is 0.658. The number of pyridine rings is 1. The van der Waals surface area contributed by atoms with Gasteiger partial charge in [0.15, 0.2) is 0 Å². The van der Waals surface area contributed by atoms with E-state index in [0.29, 0.717) is 12.3 Å². The first-order valence-electron chi connectivity index (χ1n) is 3.53. The number of rotatable bonds is 1. The molecular formula is C8H4F4N2. The molecule has 1 heterocycles. The summed E-state index contributed by atoms with van der Waals surface area (Å²) in [5, 5.41) is 8.21. The summed E-state index contributed by atoms with van der Waals surface area (Å²) >= 11 is 0. The van der Waals surface area contributed by atoms with E-state index in [4.69, 9.17) is 5.26 Å². The Morgan fingerprint density at radius 1 is 1.43 bits per heavy atom. The van der Waals surface area contributed by atoms with Crippen molar-refractivity contribution in [1.29, 1.82) is 5.26 Å².